The molecule has 0 spiro atoms. The second-order valence-electron chi connectivity index (χ2n) is 5.30. The Morgan fingerprint density at radius 3 is 2.24 bits per heavy atom. The van der Waals surface area contributed by atoms with Crippen molar-refractivity contribution in [2.75, 3.05) is 31.5 Å². The molecular weight excluding hydrogens is 365 g/mol. The predicted molar refractivity (Wildman–Crippen MR) is 101 cm³/mol. The molecule has 7 nitrogen and oxygen atoms in total. The van der Waals surface area contributed by atoms with Gasteiger partial charge < -0.3 is 19.5 Å². The zero-order chi connectivity index (χ0) is 19.1. The highest BCUT2D eigenvalue weighted by Crippen LogP contribution is 2.11. The highest BCUT2D eigenvalue weighted by Gasteiger charge is 2.21. The molecule has 3 unspecified atom stereocenters. The van der Waals surface area contributed by atoms with E-state index in [2.05, 4.69) is 14.6 Å². The number of carbonyl (C=O) groups is 3. The van der Waals surface area contributed by atoms with Crippen LogP contribution in [0.15, 0.2) is 0 Å². The summed E-state index contributed by atoms with van der Waals surface area (Å²) >= 11 is 1.43. The van der Waals surface area contributed by atoms with Gasteiger partial charge in [0.1, 0.15) is 25.1 Å². The minimum atomic E-state index is -0.528. The molecule has 146 valence electrons. The number of hydrogen-bond acceptors (Lipinski definition) is 8. The van der Waals surface area contributed by atoms with Gasteiger partial charge in [0.25, 0.3) is 0 Å². The Hall–Kier alpha value is -0.850. The SMILES string of the molecule is CCCC(=O)OCC(CSCC(NC)C(=O)OCP)OC(=O)CCC. The van der Waals surface area contributed by atoms with Crippen molar-refractivity contribution >= 4 is 38.9 Å². The van der Waals surface area contributed by atoms with Gasteiger partial charge in [0, 0.05) is 24.3 Å². The first kappa shape index (κ1) is 24.1. The maximum Gasteiger partial charge on any atom is 0.324 e. The van der Waals surface area contributed by atoms with E-state index in [9.17, 15) is 14.4 Å². The van der Waals surface area contributed by atoms with Crippen molar-refractivity contribution < 1.29 is 28.6 Å². The molecule has 0 fully saturated rings. The summed E-state index contributed by atoms with van der Waals surface area (Å²) in [5.41, 5.74) is 0. The zero-order valence-electron chi connectivity index (χ0n) is 15.2. The molecule has 0 heterocycles. The molecule has 3 atom stereocenters. The number of ether oxygens (including phenoxy) is 3. The molecule has 25 heavy (non-hydrogen) atoms. The van der Waals surface area contributed by atoms with Crippen LogP contribution in [0, 0.1) is 0 Å². The Labute approximate surface area is 156 Å². The van der Waals surface area contributed by atoms with E-state index in [-0.39, 0.29) is 30.9 Å². The summed E-state index contributed by atoms with van der Waals surface area (Å²) in [6, 6.07) is -0.444. The molecular formula is C16H30NO6PS. The third kappa shape index (κ3) is 12.2. The summed E-state index contributed by atoms with van der Waals surface area (Å²) < 4.78 is 15.5. The van der Waals surface area contributed by atoms with Crippen molar-refractivity contribution in [2.45, 2.75) is 51.7 Å². The molecule has 0 aromatic heterocycles. The third-order valence-electron chi connectivity index (χ3n) is 3.08. The van der Waals surface area contributed by atoms with Crippen LogP contribution in [0.25, 0.3) is 0 Å². The summed E-state index contributed by atoms with van der Waals surface area (Å²) in [4.78, 5) is 34.9. The molecule has 1 N–H and O–H groups in total. The number of nitrogens with one attached hydrogen (secondary N) is 1. The number of esters is 3. The summed E-state index contributed by atoms with van der Waals surface area (Å²) in [6.45, 7) is 3.81. The van der Waals surface area contributed by atoms with Gasteiger partial charge >= 0.3 is 17.9 Å². The molecule has 0 aliphatic heterocycles. The van der Waals surface area contributed by atoms with Crippen molar-refractivity contribution in [3.8, 4) is 0 Å². The Balaban J connectivity index is 4.46. The van der Waals surface area contributed by atoms with Crippen LogP contribution < -0.4 is 5.32 Å². The van der Waals surface area contributed by atoms with Gasteiger partial charge in [0.05, 0.1) is 0 Å². The van der Waals surface area contributed by atoms with Crippen molar-refractivity contribution in [1.29, 1.82) is 0 Å². The molecule has 0 aromatic rings. The van der Waals surface area contributed by atoms with E-state index < -0.39 is 12.1 Å². The van der Waals surface area contributed by atoms with E-state index in [0.29, 0.717) is 37.2 Å². The number of thioether (sulfide) groups is 1. The quantitative estimate of drug-likeness (QED) is 0.270. The van der Waals surface area contributed by atoms with Gasteiger partial charge in [-0.25, -0.2) is 0 Å². The smallest absolute Gasteiger partial charge is 0.324 e. The van der Waals surface area contributed by atoms with E-state index in [1.807, 2.05) is 13.8 Å². The minimum Gasteiger partial charge on any atom is -0.462 e. The number of hydrogen-bond donors (Lipinski definition) is 1. The van der Waals surface area contributed by atoms with E-state index in [1.165, 1.54) is 11.8 Å². The fourth-order valence-electron chi connectivity index (χ4n) is 1.80. The van der Waals surface area contributed by atoms with E-state index in [4.69, 9.17) is 14.2 Å². The first-order chi connectivity index (χ1) is 12.0. The number of likely N-dealkylation sites (N-methyl/N-ethyl adjacent to an activating group) is 1. The topological polar surface area (TPSA) is 90.9 Å². The molecule has 0 rings (SSSR count). The van der Waals surface area contributed by atoms with E-state index >= 15 is 0 Å². The van der Waals surface area contributed by atoms with Crippen molar-refractivity contribution in [1.82, 2.24) is 5.32 Å². The Kier molecular flexibility index (Phi) is 14.9. The zero-order valence-corrected chi connectivity index (χ0v) is 17.2. The average Bonchev–Trinajstić information content (AvgIpc) is 2.57. The Morgan fingerprint density at radius 2 is 1.68 bits per heavy atom. The molecule has 0 aliphatic carbocycles. The van der Waals surface area contributed by atoms with Gasteiger partial charge in [0.15, 0.2) is 0 Å². The second-order valence-corrected chi connectivity index (χ2v) is 6.71. The molecule has 0 aromatic carbocycles. The monoisotopic (exact) mass is 395 g/mol. The lowest BCUT2D eigenvalue weighted by atomic mass is 10.3. The summed E-state index contributed by atoms with van der Waals surface area (Å²) in [5, 5.41) is 2.89. The van der Waals surface area contributed by atoms with Crippen LogP contribution in [0.4, 0.5) is 0 Å². The van der Waals surface area contributed by atoms with Crippen molar-refractivity contribution in [3.63, 3.8) is 0 Å². The normalized spacial score (nSPS) is 13.0. The van der Waals surface area contributed by atoms with Crippen LogP contribution in [0.2, 0.25) is 0 Å². The maximum atomic E-state index is 11.7. The standard InChI is InChI=1S/C16H30NO6PS/c1-4-6-14(18)21-8-12(23-15(19)7-5-2)9-25-10-13(17-3)16(20)22-11-24/h12-13,17H,4-11,24H2,1-3H3. The first-order valence-corrected chi connectivity index (χ1v) is 10.4. The van der Waals surface area contributed by atoms with Gasteiger partial charge in [-0.15, -0.1) is 0 Å². The predicted octanol–water partition coefficient (Wildman–Crippen LogP) is 1.74. The number of carbonyl (C=O) groups excluding carboxylic acids is 3. The molecule has 0 radical (unpaired) electrons. The van der Waals surface area contributed by atoms with E-state index in [0.717, 1.165) is 0 Å². The van der Waals surface area contributed by atoms with Crippen LogP contribution in [-0.2, 0) is 28.6 Å². The first-order valence-electron chi connectivity index (χ1n) is 8.45. The van der Waals surface area contributed by atoms with Gasteiger partial charge in [-0.2, -0.15) is 11.8 Å². The van der Waals surface area contributed by atoms with Gasteiger partial charge in [-0.3, -0.25) is 14.4 Å². The van der Waals surface area contributed by atoms with Crippen LogP contribution in [0.5, 0.6) is 0 Å². The molecule has 0 saturated heterocycles. The minimum absolute atomic E-state index is 0.0293. The van der Waals surface area contributed by atoms with E-state index in [1.54, 1.807) is 7.05 Å². The molecule has 0 bridgehead atoms. The van der Waals surface area contributed by atoms with Crippen LogP contribution in [0.3, 0.4) is 0 Å². The van der Waals surface area contributed by atoms with Crippen molar-refractivity contribution in [2.24, 2.45) is 0 Å². The summed E-state index contributed by atoms with van der Waals surface area (Å²) in [5.74, 6) is -0.0568. The highest BCUT2D eigenvalue weighted by molar-refractivity contribution is 7.99. The third-order valence-corrected chi connectivity index (χ3v) is 4.43. The maximum absolute atomic E-state index is 11.7. The molecule has 0 amide bonds. The lowest BCUT2D eigenvalue weighted by Crippen LogP contribution is -2.38. The average molecular weight is 395 g/mol. The second kappa shape index (κ2) is 15.4. The molecule has 9 heteroatoms. The highest BCUT2D eigenvalue weighted by atomic mass is 32.2. The fourth-order valence-corrected chi connectivity index (χ4v) is 3.06. The lowest BCUT2D eigenvalue weighted by Gasteiger charge is -2.19. The van der Waals surface area contributed by atoms with Crippen molar-refractivity contribution in [3.05, 3.63) is 0 Å². The summed E-state index contributed by atoms with van der Waals surface area (Å²) in [7, 11) is 4.01. The Bertz CT molecular complexity index is 410. The molecule has 0 aliphatic rings. The number of rotatable bonds is 14. The van der Waals surface area contributed by atoms with Crippen LogP contribution >= 0.6 is 21.0 Å². The molecule has 0 saturated carbocycles. The van der Waals surface area contributed by atoms with Gasteiger partial charge in [0.2, 0.25) is 0 Å². The van der Waals surface area contributed by atoms with Gasteiger partial charge in [-0.05, 0) is 19.9 Å². The van der Waals surface area contributed by atoms with Gasteiger partial charge in [-0.1, -0.05) is 23.1 Å². The fraction of sp³-hybridized carbons (Fsp3) is 0.812. The van der Waals surface area contributed by atoms with Crippen LogP contribution in [-0.4, -0.2) is 61.6 Å². The lowest BCUT2D eigenvalue weighted by molar-refractivity contribution is -0.157. The van der Waals surface area contributed by atoms with Crippen LogP contribution in [0.1, 0.15) is 39.5 Å². The largest absolute Gasteiger partial charge is 0.462 e. The Morgan fingerprint density at radius 1 is 1.04 bits per heavy atom. The summed E-state index contributed by atoms with van der Waals surface area (Å²) in [6.07, 6.45) is 1.77.